The van der Waals surface area contributed by atoms with E-state index in [4.69, 9.17) is 4.74 Å². The lowest BCUT2D eigenvalue weighted by Crippen LogP contribution is -2.44. The van der Waals surface area contributed by atoms with Gasteiger partial charge in [-0.15, -0.1) is 0 Å². The van der Waals surface area contributed by atoms with Gasteiger partial charge in [-0.3, -0.25) is 0 Å². The average molecular weight is 261 g/mol. The van der Waals surface area contributed by atoms with E-state index in [0.717, 1.165) is 38.4 Å². The lowest BCUT2D eigenvalue weighted by atomic mass is 10.1. The summed E-state index contributed by atoms with van der Waals surface area (Å²) in [6, 6.07) is 6.43. The van der Waals surface area contributed by atoms with E-state index in [2.05, 4.69) is 33.7 Å². The Morgan fingerprint density at radius 1 is 1.26 bits per heavy atom. The molecule has 2 aliphatic heterocycles. The Bertz CT molecular complexity index is 416. The van der Waals surface area contributed by atoms with Crippen molar-refractivity contribution in [2.24, 2.45) is 0 Å². The lowest BCUT2D eigenvalue weighted by molar-refractivity contribution is 0.240. The van der Waals surface area contributed by atoms with E-state index in [1.807, 2.05) is 0 Å². The molecule has 4 nitrogen and oxygen atoms in total. The van der Waals surface area contributed by atoms with Gasteiger partial charge in [0.2, 0.25) is 0 Å². The van der Waals surface area contributed by atoms with Crippen molar-refractivity contribution in [3.63, 3.8) is 0 Å². The summed E-state index contributed by atoms with van der Waals surface area (Å²) in [5.41, 5.74) is 2.57. The molecule has 1 saturated heterocycles. The van der Waals surface area contributed by atoms with Gasteiger partial charge in [0.1, 0.15) is 5.75 Å². The summed E-state index contributed by atoms with van der Waals surface area (Å²) >= 11 is 0. The minimum atomic E-state index is 0.835. The molecule has 2 heterocycles. The maximum absolute atomic E-state index is 5.52. The van der Waals surface area contributed by atoms with Crippen LogP contribution in [0.2, 0.25) is 0 Å². The zero-order valence-electron chi connectivity index (χ0n) is 11.5. The van der Waals surface area contributed by atoms with Crippen molar-refractivity contribution in [3.8, 4) is 5.75 Å². The van der Waals surface area contributed by atoms with E-state index in [-0.39, 0.29) is 0 Å². The normalized spacial score (nSPS) is 18.9. The Kier molecular flexibility index (Phi) is 4.20. The maximum Gasteiger partial charge on any atom is 0.122 e. The van der Waals surface area contributed by atoms with Gasteiger partial charge in [0, 0.05) is 44.8 Å². The van der Waals surface area contributed by atoms with E-state index in [1.165, 1.54) is 37.3 Å². The monoisotopic (exact) mass is 261 g/mol. The zero-order chi connectivity index (χ0) is 12.9. The van der Waals surface area contributed by atoms with Crippen molar-refractivity contribution in [1.29, 1.82) is 0 Å². The van der Waals surface area contributed by atoms with Gasteiger partial charge in [0.05, 0.1) is 6.61 Å². The molecule has 0 saturated carbocycles. The molecule has 4 heteroatoms. The van der Waals surface area contributed by atoms with Gasteiger partial charge in [0.25, 0.3) is 0 Å². The second-order valence-electron chi connectivity index (χ2n) is 5.29. The van der Waals surface area contributed by atoms with Crippen LogP contribution < -0.4 is 15.4 Å². The highest BCUT2D eigenvalue weighted by atomic mass is 16.5. The van der Waals surface area contributed by atoms with Crippen LogP contribution in [0.3, 0.4) is 0 Å². The van der Waals surface area contributed by atoms with Crippen LogP contribution >= 0.6 is 0 Å². The number of anilines is 1. The number of nitrogens with one attached hydrogen (secondary N) is 2. The standard InChI is InChI=1S/C15H23N3O/c1(8-18-9-6-16-7-10-18)5-17-14-2-3-15-13(12-14)4-11-19-15/h2-3,12,16-17H,1,4-11H2. The Hall–Kier alpha value is -1.26. The van der Waals surface area contributed by atoms with E-state index >= 15 is 0 Å². The highest BCUT2D eigenvalue weighted by Gasteiger charge is 2.12. The quantitative estimate of drug-likeness (QED) is 0.784. The number of ether oxygens (including phenoxy) is 1. The molecule has 0 amide bonds. The third-order valence-electron chi connectivity index (χ3n) is 3.88. The van der Waals surface area contributed by atoms with Gasteiger partial charge in [0.15, 0.2) is 0 Å². The van der Waals surface area contributed by atoms with Crippen LogP contribution in [0.25, 0.3) is 0 Å². The lowest BCUT2D eigenvalue weighted by Gasteiger charge is -2.27. The van der Waals surface area contributed by atoms with Gasteiger partial charge >= 0.3 is 0 Å². The minimum Gasteiger partial charge on any atom is -0.493 e. The van der Waals surface area contributed by atoms with Crippen molar-refractivity contribution < 1.29 is 4.74 Å². The van der Waals surface area contributed by atoms with Crippen LogP contribution in [-0.2, 0) is 6.42 Å². The highest BCUT2D eigenvalue weighted by molar-refractivity contribution is 5.52. The smallest absolute Gasteiger partial charge is 0.122 e. The molecule has 19 heavy (non-hydrogen) atoms. The summed E-state index contributed by atoms with van der Waals surface area (Å²) in [4.78, 5) is 2.54. The fourth-order valence-corrected chi connectivity index (χ4v) is 2.77. The van der Waals surface area contributed by atoms with Gasteiger partial charge in [-0.05, 0) is 36.7 Å². The molecule has 0 atom stereocenters. The Morgan fingerprint density at radius 3 is 3.05 bits per heavy atom. The third kappa shape index (κ3) is 3.39. The van der Waals surface area contributed by atoms with Crippen LogP contribution in [0.1, 0.15) is 12.0 Å². The summed E-state index contributed by atoms with van der Waals surface area (Å²) in [6.45, 7) is 7.73. The minimum absolute atomic E-state index is 0.835. The fraction of sp³-hybridized carbons (Fsp3) is 0.600. The Balaban J connectivity index is 1.40. The first kappa shape index (κ1) is 12.8. The summed E-state index contributed by atoms with van der Waals surface area (Å²) in [5.74, 6) is 1.06. The molecular formula is C15H23N3O. The number of fused-ring (bicyclic) bond motifs is 1. The molecule has 0 aliphatic carbocycles. The molecule has 1 fully saturated rings. The summed E-state index contributed by atoms with van der Waals surface area (Å²) in [6.07, 6.45) is 2.25. The SMILES string of the molecule is c1cc2c(cc1NCCCN1CCNCC1)CCO2. The van der Waals surface area contributed by atoms with E-state index in [9.17, 15) is 0 Å². The van der Waals surface area contributed by atoms with Gasteiger partial charge in [-0.2, -0.15) is 0 Å². The Labute approximate surface area is 115 Å². The van der Waals surface area contributed by atoms with E-state index in [1.54, 1.807) is 0 Å². The van der Waals surface area contributed by atoms with Crippen LogP contribution in [-0.4, -0.2) is 50.8 Å². The summed E-state index contributed by atoms with van der Waals surface area (Å²) in [7, 11) is 0. The Morgan fingerprint density at radius 2 is 2.16 bits per heavy atom. The third-order valence-corrected chi connectivity index (χ3v) is 3.88. The van der Waals surface area contributed by atoms with Crippen LogP contribution in [0.5, 0.6) is 5.75 Å². The average Bonchev–Trinajstić information content (AvgIpc) is 2.92. The van der Waals surface area contributed by atoms with Gasteiger partial charge in [-0.1, -0.05) is 0 Å². The molecule has 2 aliphatic rings. The molecule has 0 aromatic heterocycles. The van der Waals surface area contributed by atoms with E-state index < -0.39 is 0 Å². The second-order valence-corrected chi connectivity index (χ2v) is 5.29. The predicted octanol–water partition coefficient (Wildman–Crippen LogP) is 1.33. The highest BCUT2D eigenvalue weighted by Crippen LogP contribution is 2.27. The number of hydrogen-bond donors (Lipinski definition) is 2. The molecule has 1 aromatic rings. The van der Waals surface area contributed by atoms with Crippen LogP contribution in [0.4, 0.5) is 5.69 Å². The zero-order valence-corrected chi connectivity index (χ0v) is 11.5. The first-order chi connectivity index (χ1) is 9.42. The maximum atomic E-state index is 5.52. The molecule has 0 radical (unpaired) electrons. The molecule has 104 valence electrons. The molecule has 0 spiro atoms. The van der Waals surface area contributed by atoms with Gasteiger partial charge < -0.3 is 20.3 Å². The number of nitrogens with zero attached hydrogens (tertiary/aromatic N) is 1. The van der Waals surface area contributed by atoms with Crippen molar-refractivity contribution in [1.82, 2.24) is 10.2 Å². The largest absolute Gasteiger partial charge is 0.493 e. The topological polar surface area (TPSA) is 36.5 Å². The molecule has 1 aromatic carbocycles. The first-order valence-electron chi connectivity index (χ1n) is 7.34. The molecule has 0 unspecified atom stereocenters. The predicted molar refractivity (Wildman–Crippen MR) is 78.1 cm³/mol. The summed E-state index contributed by atoms with van der Waals surface area (Å²) < 4.78 is 5.52. The van der Waals surface area contributed by atoms with Crippen molar-refractivity contribution in [2.75, 3.05) is 51.2 Å². The number of piperazine rings is 1. The van der Waals surface area contributed by atoms with Gasteiger partial charge in [-0.25, -0.2) is 0 Å². The van der Waals surface area contributed by atoms with Crippen LogP contribution in [0.15, 0.2) is 18.2 Å². The second kappa shape index (κ2) is 6.26. The molecule has 0 bridgehead atoms. The molecular weight excluding hydrogens is 238 g/mol. The van der Waals surface area contributed by atoms with E-state index in [0.29, 0.717) is 0 Å². The number of rotatable bonds is 5. The molecule has 3 rings (SSSR count). The number of benzene rings is 1. The fourth-order valence-electron chi connectivity index (χ4n) is 2.77. The van der Waals surface area contributed by atoms with Crippen molar-refractivity contribution in [2.45, 2.75) is 12.8 Å². The first-order valence-corrected chi connectivity index (χ1v) is 7.34. The van der Waals surface area contributed by atoms with Crippen molar-refractivity contribution >= 4 is 5.69 Å². The van der Waals surface area contributed by atoms with Crippen LogP contribution in [0, 0.1) is 0 Å². The summed E-state index contributed by atoms with van der Waals surface area (Å²) in [5, 5.41) is 6.90. The molecule has 2 N–H and O–H groups in total. The van der Waals surface area contributed by atoms with Crippen molar-refractivity contribution in [3.05, 3.63) is 23.8 Å². The number of hydrogen-bond acceptors (Lipinski definition) is 4.